The van der Waals surface area contributed by atoms with E-state index in [-0.39, 0.29) is 5.91 Å². The van der Waals surface area contributed by atoms with Gasteiger partial charge in [0.05, 0.1) is 0 Å². The van der Waals surface area contributed by atoms with Crippen LogP contribution >= 0.6 is 0 Å². The Morgan fingerprint density at radius 1 is 1.21 bits per heavy atom. The zero-order chi connectivity index (χ0) is 13.9. The molecule has 0 saturated carbocycles. The fourth-order valence-corrected chi connectivity index (χ4v) is 2.61. The Balaban J connectivity index is 1.95. The van der Waals surface area contributed by atoms with Crippen molar-refractivity contribution >= 4 is 5.91 Å². The van der Waals surface area contributed by atoms with Gasteiger partial charge in [-0.2, -0.15) is 0 Å². The van der Waals surface area contributed by atoms with E-state index in [1.807, 2.05) is 24.8 Å². The van der Waals surface area contributed by atoms with Gasteiger partial charge in [-0.25, -0.2) is 0 Å². The molecule has 0 aromatic heterocycles. The third kappa shape index (κ3) is 3.16. The lowest BCUT2D eigenvalue weighted by Gasteiger charge is -2.36. The molecular weight excluding hydrogens is 238 g/mol. The van der Waals surface area contributed by atoms with Crippen LogP contribution in [0, 0.1) is 0 Å². The van der Waals surface area contributed by atoms with Gasteiger partial charge in [0, 0.05) is 20.2 Å². The number of carbonyl (C=O) groups is 1. The van der Waals surface area contributed by atoms with Crippen molar-refractivity contribution in [2.45, 2.75) is 38.2 Å². The summed E-state index contributed by atoms with van der Waals surface area (Å²) in [6, 6.07) is 10.6. The van der Waals surface area contributed by atoms with Crippen LogP contribution in [0.2, 0.25) is 0 Å². The molecule has 2 rings (SSSR count). The van der Waals surface area contributed by atoms with Crippen LogP contribution in [0.15, 0.2) is 30.3 Å². The van der Waals surface area contributed by atoms with Crippen molar-refractivity contribution in [1.82, 2.24) is 4.90 Å². The van der Waals surface area contributed by atoms with E-state index in [0.717, 1.165) is 25.9 Å². The van der Waals surface area contributed by atoms with Gasteiger partial charge >= 0.3 is 0 Å². The van der Waals surface area contributed by atoms with Crippen LogP contribution in [0.25, 0.3) is 0 Å². The summed E-state index contributed by atoms with van der Waals surface area (Å²) in [4.78, 5) is 14.2. The first kappa shape index (κ1) is 14.1. The van der Waals surface area contributed by atoms with Crippen molar-refractivity contribution in [2.24, 2.45) is 0 Å². The minimum Gasteiger partial charge on any atom is -0.369 e. The molecule has 3 heteroatoms. The number of nitrogens with zero attached hydrogens (tertiary/aromatic N) is 1. The minimum absolute atomic E-state index is 0.0986. The molecule has 1 aromatic carbocycles. The Kier molecular flexibility index (Phi) is 4.25. The summed E-state index contributed by atoms with van der Waals surface area (Å²) >= 11 is 0. The second kappa shape index (κ2) is 5.74. The highest BCUT2D eigenvalue weighted by Crippen LogP contribution is 2.29. The number of hydrogen-bond donors (Lipinski definition) is 0. The number of rotatable bonds is 3. The van der Waals surface area contributed by atoms with Gasteiger partial charge < -0.3 is 9.64 Å². The maximum atomic E-state index is 12.3. The smallest absolute Gasteiger partial charge is 0.254 e. The number of ether oxygens (including phenoxy) is 1. The molecule has 0 spiro atoms. The maximum Gasteiger partial charge on any atom is 0.254 e. The zero-order valence-corrected chi connectivity index (χ0v) is 12.1. The molecule has 19 heavy (non-hydrogen) atoms. The molecular formula is C16H23NO2. The van der Waals surface area contributed by atoms with Crippen molar-refractivity contribution in [3.8, 4) is 0 Å². The maximum absolute atomic E-state index is 12.3. The highest BCUT2D eigenvalue weighted by molar-refractivity contribution is 5.84. The molecule has 0 radical (unpaired) electrons. The Bertz CT molecular complexity index is 420. The van der Waals surface area contributed by atoms with E-state index in [1.54, 1.807) is 7.11 Å². The van der Waals surface area contributed by atoms with Gasteiger partial charge in [0.15, 0.2) is 0 Å². The van der Waals surface area contributed by atoms with Crippen molar-refractivity contribution in [3.63, 3.8) is 0 Å². The largest absolute Gasteiger partial charge is 0.369 e. The number of hydrogen-bond acceptors (Lipinski definition) is 2. The van der Waals surface area contributed by atoms with Gasteiger partial charge in [-0.3, -0.25) is 4.79 Å². The van der Waals surface area contributed by atoms with E-state index in [2.05, 4.69) is 24.3 Å². The molecule has 1 aliphatic heterocycles. The van der Waals surface area contributed by atoms with E-state index >= 15 is 0 Å². The number of carbonyl (C=O) groups excluding carboxylic acids is 1. The first-order valence-electron chi connectivity index (χ1n) is 6.94. The normalized spacial score (nSPS) is 17.5. The van der Waals surface area contributed by atoms with Gasteiger partial charge in [-0.15, -0.1) is 0 Å². The lowest BCUT2D eigenvalue weighted by Crippen LogP contribution is -2.49. The lowest BCUT2D eigenvalue weighted by atomic mass is 9.89. The van der Waals surface area contributed by atoms with Crippen molar-refractivity contribution in [3.05, 3.63) is 35.9 Å². The first-order chi connectivity index (χ1) is 9.04. The predicted molar refractivity (Wildman–Crippen MR) is 76.1 cm³/mol. The topological polar surface area (TPSA) is 29.5 Å². The summed E-state index contributed by atoms with van der Waals surface area (Å²) in [6.45, 7) is 5.31. The average Bonchev–Trinajstić information content (AvgIpc) is 2.47. The minimum atomic E-state index is -0.709. The van der Waals surface area contributed by atoms with Crippen molar-refractivity contribution in [1.29, 1.82) is 0 Å². The monoisotopic (exact) mass is 261 g/mol. The molecule has 1 fully saturated rings. The summed E-state index contributed by atoms with van der Waals surface area (Å²) < 4.78 is 5.27. The molecule has 0 N–H and O–H groups in total. The Labute approximate surface area is 115 Å². The van der Waals surface area contributed by atoms with Gasteiger partial charge in [-0.05, 0) is 38.2 Å². The summed E-state index contributed by atoms with van der Waals surface area (Å²) in [6.07, 6.45) is 2.07. The van der Waals surface area contributed by atoms with Crippen LogP contribution < -0.4 is 0 Å². The summed E-state index contributed by atoms with van der Waals surface area (Å²) in [5, 5.41) is 0. The molecule has 104 valence electrons. The third-order valence-electron chi connectivity index (χ3n) is 4.08. The molecule has 0 bridgehead atoms. The molecule has 3 nitrogen and oxygen atoms in total. The van der Waals surface area contributed by atoms with Crippen LogP contribution in [0.3, 0.4) is 0 Å². The zero-order valence-electron chi connectivity index (χ0n) is 12.1. The van der Waals surface area contributed by atoms with Crippen LogP contribution in [0.4, 0.5) is 0 Å². The van der Waals surface area contributed by atoms with Gasteiger partial charge in [0.25, 0.3) is 5.91 Å². The number of amides is 1. The van der Waals surface area contributed by atoms with Crippen molar-refractivity contribution < 1.29 is 9.53 Å². The predicted octanol–water partition coefficient (Wildman–Crippen LogP) is 2.82. The Hall–Kier alpha value is -1.35. The number of likely N-dealkylation sites (tertiary alicyclic amines) is 1. The summed E-state index contributed by atoms with van der Waals surface area (Å²) in [5.41, 5.74) is 0.681. The molecule has 1 heterocycles. The highest BCUT2D eigenvalue weighted by atomic mass is 16.5. The third-order valence-corrected chi connectivity index (χ3v) is 4.08. The highest BCUT2D eigenvalue weighted by Gasteiger charge is 2.34. The lowest BCUT2D eigenvalue weighted by molar-refractivity contribution is -0.152. The van der Waals surface area contributed by atoms with Gasteiger partial charge in [0.2, 0.25) is 0 Å². The number of piperidine rings is 1. The van der Waals surface area contributed by atoms with Crippen LogP contribution in [-0.4, -0.2) is 36.6 Å². The Morgan fingerprint density at radius 2 is 1.79 bits per heavy atom. The molecule has 0 unspecified atom stereocenters. The quantitative estimate of drug-likeness (QED) is 0.837. The van der Waals surface area contributed by atoms with E-state index < -0.39 is 5.60 Å². The van der Waals surface area contributed by atoms with Crippen LogP contribution in [-0.2, 0) is 9.53 Å². The fraction of sp³-hybridized carbons (Fsp3) is 0.562. The van der Waals surface area contributed by atoms with Gasteiger partial charge in [-0.1, -0.05) is 30.3 Å². The average molecular weight is 261 g/mol. The van der Waals surface area contributed by atoms with E-state index in [1.165, 1.54) is 5.56 Å². The molecule has 1 amide bonds. The number of methoxy groups -OCH3 is 1. The molecule has 0 aliphatic carbocycles. The first-order valence-corrected chi connectivity index (χ1v) is 6.94. The van der Waals surface area contributed by atoms with E-state index in [4.69, 9.17) is 4.74 Å². The molecule has 0 atom stereocenters. The summed E-state index contributed by atoms with van der Waals surface area (Å²) in [7, 11) is 1.59. The second-order valence-electron chi connectivity index (χ2n) is 5.69. The molecule has 1 aliphatic rings. The number of benzene rings is 1. The summed E-state index contributed by atoms with van der Waals surface area (Å²) in [5.74, 6) is 0.678. The second-order valence-corrected chi connectivity index (χ2v) is 5.69. The van der Waals surface area contributed by atoms with Gasteiger partial charge in [0.1, 0.15) is 5.60 Å². The van der Waals surface area contributed by atoms with Crippen LogP contribution in [0.5, 0.6) is 0 Å². The van der Waals surface area contributed by atoms with E-state index in [0.29, 0.717) is 5.92 Å². The molecule has 1 saturated heterocycles. The Morgan fingerprint density at radius 3 is 2.32 bits per heavy atom. The van der Waals surface area contributed by atoms with Crippen molar-refractivity contribution in [2.75, 3.05) is 20.2 Å². The SMILES string of the molecule is COC(C)(C)C(=O)N1CCC(c2ccccc2)CC1. The molecule has 1 aromatic rings. The standard InChI is InChI=1S/C16H23NO2/c1-16(2,19-3)15(18)17-11-9-14(10-12-17)13-7-5-4-6-8-13/h4-8,14H,9-12H2,1-3H3. The van der Waals surface area contributed by atoms with Crippen LogP contribution in [0.1, 0.15) is 38.2 Å². The van der Waals surface area contributed by atoms with E-state index in [9.17, 15) is 4.79 Å². The fourth-order valence-electron chi connectivity index (χ4n) is 2.61.